The average molecular weight is 359 g/mol. The third kappa shape index (κ3) is 4.15. The van der Waals surface area contributed by atoms with E-state index in [2.05, 4.69) is 0 Å². The van der Waals surface area contributed by atoms with Gasteiger partial charge in [0.1, 0.15) is 0 Å². The molecule has 4 heteroatoms. The summed E-state index contributed by atoms with van der Waals surface area (Å²) in [6, 6.07) is 14.6. The van der Waals surface area contributed by atoms with Crippen LogP contribution in [0, 0.1) is 0 Å². The third-order valence-corrected chi connectivity index (χ3v) is 4.34. The molecule has 0 bridgehead atoms. The zero-order chi connectivity index (χ0) is 17.1. The van der Waals surface area contributed by atoms with E-state index in [1.807, 2.05) is 24.3 Å². The van der Waals surface area contributed by atoms with Crippen LogP contribution in [0.3, 0.4) is 0 Å². The largest absolute Gasteiger partial charge is 0.392 e. The Kier molecular flexibility index (Phi) is 5.20. The predicted octanol–water partition coefficient (Wildman–Crippen LogP) is 5.18. The Bertz CT molecular complexity index is 770. The number of hydrogen-bond acceptors (Lipinski definition) is 2. The van der Waals surface area contributed by atoms with Crippen molar-refractivity contribution in [3.8, 4) is 0 Å². The Morgan fingerprint density at radius 2 is 1.33 bits per heavy atom. The van der Waals surface area contributed by atoms with Gasteiger partial charge < -0.3 is 5.11 Å². The highest BCUT2D eigenvalue weighted by Crippen LogP contribution is 2.29. The van der Waals surface area contributed by atoms with Gasteiger partial charge in [-0.05, 0) is 47.5 Å². The van der Waals surface area contributed by atoms with E-state index in [1.165, 1.54) is 0 Å². The molecule has 0 amide bonds. The molecule has 0 atom stereocenters. The highest BCUT2D eigenvalue weighted by atomic mass is 35.5. The lowest BCUT2D eigenvalue weighted by Gasteiger charge is -2.21. The molecule has 0 saturated heterocycles. The number of carbonyl (C=O) groups excluding carboxylic acids is 1. The van der Waals surface area contributed by atoms with Gasteiger partial charge in [-0.1, -0.05) is 47.5 Å². The van der Waals surface area contributed by atoms with Gasteiger partial charge in [0.25, 0.3) is 0 Å². The minimum Gasteiger partial charge on any atom is -0.392 e. The second-order valence-electron chi connectivity index (χ2n) is 5.84. The number of halogens is 2. The fourth-order valence-corrected chi connectivity index (χ4v) is 3.21. The Labute approximate surface area is 151 Å². The van der Waals surface area contributed by atoms with Gasteiger partial charge in [-0.2, -0.15) is 0 Å². The molecule has 1 saturated carbocycles. The standard InChI is InChI=1S/C20H16Cl2O2/c21-17-5-1-3-13(9-17)7-15-11-19(23)12-16(20(15)24)8-14-4-2-6-18(22)10-14/h1-10,19,23H,11-12H2/b15-7+,16-8+. The summed E-state index contributed by atoms with van der Waals surface area (Å²) in [6.07, 6.45) is 3.71. The number of rotatable bonds is 2. The zero-order valence-corrected chi connectivity index (χ0v) is 14.4. The lowest BCUT2D eigenvalue weighted by Crippen LogP contribution is -2.23. The van der Waals surface area contributed by atoms with E-state index in [4.69, 9.17) is 23.2 Å². The smallest absolute Gasteiger partial charge is 0.185 e. The Morgan fingerprint density at radius 1 is 0.875 bits per heavy atom. The highest BCUT2D eigenvalue weighted by Gasteiger charge is 2.26. The summed E-state index contributed by atoms with van der Waals surface area (Å²) in [6.45, 7) is 0. The van der Waals surface area contributed by atoms with Gasteiger partial charge in [0.05, 0.1) is 6.10 Å². The summed E-state index contributed by atoms with van der Waals surface area (Å²) in [5.41, 5.74) is 2.87. The molecule has 0 spiro atoms. The number of aliphatic hydroxyl groups excluding tert-OH is 1. The van der Waals surface area contributed by atoms with E-state index < -0.39 is 6.10 Å². The maximum absolute atomic E-state index is 12.7. The molecule has 0 heterocycles. The van der Waals surface area contributed by atoms with Crippen molar-refractivity contribution >= 4 is 41.1 Å². The van der Waals surface area contributed by atoms with Crippen molar-refractivity contribution in [3.63, 3.8) is 0 Å². The molecular weight excluding hydrogens is 343 g/mol. The second-order valence-corrected chi connectivity index (χ2v) is 6.71. The SMILES string of the molecule is O=C1/C(=C/c2cccc(Cl)c2)CC(O)C/C1=C\c1cccc(Cl)c1. The van der Waals surface area contributed by atoms with Crippen LogP contribution >= 0.6 is 23.2 Å². The van der Waals surface area contributed by atoms with Gasteiger partial charge in [0.15, 0.2) is 5.78 Å². The second kappa shape index (κ2) is 7.35. The molecule has 1 fully saturated rings. The van der Waals surface area contributed by atoms with Gasteiger partial charge in [0.2, 0.25) is 0 Å². The first-order chi connectivity index (χ1) is 11.5. The minimum atomic E-state index is -0.571. The maximum Gasteiger partial charge on any atom is 0.185 e. The van der Waals surface area contributed by atoms with Crippen molar-refractivity contribution in [2.24, 2.45) is 0 Å². The van der Waals surface area contributed by atoms with E-state index in [0.717, 1.165) is 11.1 Å². The van der Waals surface area contributed by atoms with Crippen molar-refractivity contribution in [2.75, 3.05) is 0 Å². The van der Waals surface area contributed by atoms with Crippen molar-refractivity contribution in [3.05, 3.63) is 80.8 Å². The Balaban J connectivity index is 1.94. The number of hydrogen-bond donors (Lipinski definition) is 1. The van der Waals surface area contributed by atoms with Gasteiger partial charge >= 0.3 is 0 Å². The molecule has 1 N–H and O–H groups in total. The lowest BCUT2D eigenvalue weighted by molar-refractivity contribution is -0.113. The number of carbonyl (C=O) groups is 1. The van der Waals surface area contributed by atoms with E-state index in [1.54, 1.807) is 36.4 Å². The molecule has 2 aromatic rings. The molecule has 1 aliphatic carbocycles. The number of aliphatic hydroxyl groups is 1. The average Bonchev–Trinajstić information content (AvgIpc) is 2.52. The number of benzene rings is 2. The summed E-state index contributed by atoms with van der Waals surface area (Å²) in [7, 11) is 0. The number of ketones is 1. The van der Waals surface area contributed by atoms with E-state index in [9.17, 15) is 9.90 Å². The van der Waals surface area contributed by atoms with E-state index in [-0.39, 0.29) is 5.78 Å². The molecule has 122 valence electrons. The first kappa shape index (κ1) is 17.0. The van der Waals surface area contributed by atoms with Crippen molar-refractivity contribution in [1.29, 1.82) is 0 Å². The van der Waals surface area contributed by atoms with Crippen molar-refractivity contribution in [2.45, 2.75) is 18.9 Å². The van der Waals surface area contributed by atoms with Crippen LogP contribution in [0.2, 0.25) is 10.0 Å². The molecule has 1 aliphatic rings. The predicted molar refractivity (Wildman–Crippen MR) is 99.1 cm³/mol. The molecule has 0 radical (unpaired) electrons. The lowest BCUT2D eigenvalue weighted by atomic mass is 9.85. The quantitative estimate of drug-likeness (QED) is 0.750. The fraction of sp³-hybridized carbons (Fsp3) is 0.150. The van der Waals surface area contributed by atoms with Crippen LogP contribution in [0.5, 0.6) is 0 Å². The van der Waals surface area contributed by atoms with Crippen LogP contribution in [0.1, 0.15) is 24.0 Å². The fourth-order valence-electron chi connectivity index (χ4n) is 2.82. The topological polar surface area (TPSA) is 37.3 Å². The van der Waals surface area contributed by atoms with Crippen LogP contribution < -0.4 is 0 Å². The van der Waals surface area contributed by atoms with E-state index in [0.29, 0.717) is 34.0 Å². The summed E-state index contributed by atoms with van der Waals surface area (Å²) >= 11 is 12.0. The Hall–Kier alpha value is -1.87. The summed E-state index contributed by atoms with van der Waals surface area (Å²) < 4.78 is 0. The normalized spacial score (nSPS) is 21.5. The van der Waals surface area contributed by atoms with Gasteiger partial charge in [-0.25, -0.2) is 0 Å². The first-order valence-electron chi connectivity index (χ1n) is 7.66. The summed E-state index contributed by atoms with van der Waals surface area (Å²) in [5, 5.41) is 11.4. The molecule has 0 unspecified atom stereocenters. The molecule has 24 heavy (non-hydrogen) atoms. The molecule has 3 rings (SSSR count). The molecular formula is C20H16Cl2O2. The third-order valence-electron chi connectivity index (χ3n) is 3.87. The highest BCUT2D eigenvalue weighted by molar-refractivity contribution is 6.31. The molecule has 2 nitrogen and oxygen atoms in total. The van der Waals surface area contributed by atoms with Gasteiger partial charge in [-0.15, -0.1) is 0 Å². The minimum absolute atomic E-state index is 0.0414. The maximum atomic E-state index is 12.7. The van der Waals surface area contributed by atoms with Crippen LogP contribution in [-0.4, -0.2) is 17.0 Å². The summed E-state index contributed by atoms with van der Waals surface area (Å²) in [4.78, 5) is 12.7. The van der Waals surface area contributed by atoms with Gasteiger partial charge in [-0.3, -0.25) is 4.79 Å². The van der Waals surface area contributed by atoms with Crippen molar-refractivity contribution in [1.82, 2.24) is 0 Å². The summed E-state index contributed by atoms with van der Waals surface area (Å²) in [5.74, 6) is -0.0414. The Morgan fingerprint density at radius 3 is 1.75 bits per heavy atom. The zero-order valence-electron chi connectivity index (χ0n) is 12.9. The molecule has 2 aromatic carbocycles. The monoisotopic (exact) mass is 358 g/mol. The van der Waals surface area contributed by atoms with Crippen LogP contribution in [-0.2, 0) is 4.79 Å². The first-order valence-corrected chi connectivity index (χ1v) is 8.42. The number of Topliss-reactive ketones (excluding diaryl/α,β-unsaturated/α-hetero) is 1. The molecule has 0 aromatic heterocycles. The van der Waals surface area contributed by atoms with E-state index >= 15 is 0 Å². The van der Waals surface area contributed by atoms with Crippen LogP contribution in [0.15, 0.2) is 59.7 Å². The molecule has 0 aliphatic heterocycles. The van der Waals surface area contributed by atoms with Gasteiger partial charge in [0, 0.05) is 34.0 Å². The van der Waals surface area contributed by atoms with Crippen LogP contribution in [0.4, 0.5) is 0 Å². The van der Waals surface area contributed by atoms with Crippen LogP contribution in [0.25, 0.3) is 12.2 Å². The van der Waals surface area contributed by atoms with Crippen molar-refractivity contribution < 1.29 is 9.90 Å².